The van der Waals surface area contributed by atoms with Gasteiger partial charge in [-0.15, -0.1) is 0 Å². The van der Waals surface area contributed by atoms with Gasteiger partial charge in [0.05, 0.1) is 11.7 Å². The largest absolute Gasteiger partial charge is 0.266 e. The van der Waals surface area contributed by atoms with E-state index in [9.17, 15) is 8.42 Å². The van der Waals surface area contributed by atoms with E-state index < -0.39 is 9.05 Å². The van der Waals surface area contributed by atoms with Gasteiger partial charge in [0.25, 0.3) is 9.05 Å². The average Bonchev–Trinajstić information content (AvgIpc) is 2.55. The minimum absolute atomic E-state index is 0.00642. The first kappa shape index (κ1) is 16.1. The highest BCUT2D eigenvalue weighted by Gasteiger charge is 2.28. The summed E-state index contributed by atoms with van der Waals surface area (Å²) in [6, 6.07) is 0.188. The van der Waals surface area contributed by atoms with E-state index in [4.69, 9.17) is 22.3 Å². The van der Waals surface area contributed by atoms with E-state index in [1.54, 1.807) is 4.68 Å². The van der Waals surface area contributed by atoms with Gasteiger partial charge in [-0.3, -0.25) is 0 Å². The fraction of sp³-hybridized carbons (Fsp3) is 0.769. The molecule has 1 aliphatic carbocycles. The molecule has 0 N–H and O–H groups in total. The number of halogens is 2. The maximum atomic E-state index is 11.7. The summed E-state index contributed by atoms with van der Waals surface area (Å²) in [5.74, 6) is 0. The van der Waals surface area contributed by atoms with Crippen molar-refractivity contribution in [1.82, 2.24) is 9.78 Å². The van der Waals surface area contributed by atoms with Crippen LogP contribution >= 0.6 is 22.3 Å². The molecule has 0 radical (unpaired) electrons. The SMILES string of the molecule is CCCc1nn(C2CCCCCC2)c(Cl)c1S(=O)(=O)Cl. The lowest BCUT2D eigenvalue weighted by atomic mass is 10.1. The lowest BCUT2D eigenvalue weighted by Crippen LogP contribution is -2.10. The molecule has 1 aromatic rings. The zero-order chi connectivity index (χ0) is 14.8. The van der Waals surface area contributed by atoms with Gasteiger partial charge in [0.1, 0.15) is 10.0 Å². The Balaban J connectivity index is 2.43. The molecule has 1 saturated carbocycles. The number of hydrogen-bond acceptors (Lipinski definition) is 3. The molecule has 20 heavy (non-hydrogen) atoms. The Hall–Kier alpha value is -0.260. The molecule has 1 aliphatic rings. The second kappa shape index (κ2) is 6.67. The minimum Gasteiger partial charge on any atom is -0.249 e. The Bertz CT molecular complexity index is 561. The summed E-state index contributed by atoms with van der Waals surface area (Å²) in [4.78, 5) is 0.00642. The second-order valence-corrected chi connectivity index (χ2v) is 8.21. The minimum atomic E-state index is -3.86. The molecule has 0 bridgehead atoms. The van der Waals surface area contributed by atoms with Gasteiger partial charge in [0.15, 0.2) is 0 Å². The number of rotatable bonds is 4. The molecule has 2 rings (SSSR count). The average molecular weight is 339 g/mol. The van der Waals surface area contributed by atoms with Crippen LogP contribution in [0.2, 0.25) is 5.15 Å². The molecular weight excluding hydrogens is 319 g/mol. The third-order valence-corrected chi connectivity index (χ3v) is 5.63. The molecular formula is C13H20Cl2N2O2S. The van der Waals surface area contributed by atoms with E-state index in [0.717, 1.165) is 32.1 Å². The van der Waals surface area contributed by atoms with Crippen LogP contribution in [0.15, 0.2) is 4.90 Å². The van der Waals surface area contributed by atoms with Crippen molar-refractivity contribution in [3.63, 3.8) is 0 Å². The molecule has 7 heteroatoms. The molecule has 0 saturated heterocycles. The van der Waals surface area contributed by atoms with Gasteiger partial charge in [-0.1, -0.05) is 50.6 Å². The molecule has 0 aliphatic heterocycles. The van der Waals surface area contributed by atoms with Crippen LogP contribution in [0.1, 0.15) is 63.6 Å². The fourth-order valence-corrected chi connectivity index (χ4v) is 4.74. The highest BCUT2D eigenvalue weighted by atomic mass is 35.7. The molecule has 0 amide bonds. The third-order valence-electron chi connectivity index (χ3n) is 3.78. The first-order valence-corrected chi connectivity index (χ1v) is 9.85. The zero-order valence-corrected chi connectivity index (χ0v) is 13.9. The van der Waals surface area contributed by atoms with Crippen LogP contribution in [0.25, 0.3) is 0 Å². The molecule has 1 aromatic heterocycles. The van der Waals surface area contributed by atoms with Crippen molar-refractivity contribution in [1.29, 1.82) is 0 Å². The molecule has 0 spiro atoms. The predicted molar refractivity (Wildman–Crippen MR) is 81.0 cm³/mol. The maximum Gasteiger partial charge on any atom is 0.266 e. The summed E-state index contributed by atoms with van der Waals surface area (Å²) >= 11 is 6.27. The van der Waals surface area contributed by atoms with Gasteiger partial charge >= 0.3 is 0 Å². The summed E-state index contributed by atoms with van der Waals surface area (Å²) in [6.45, 7) is 1.98. The van der Waals surface area contributed by atoms with Crippen molar-refractivity contribution < 1.29 is 8.42 Å². The summed E-state index contributed by atoms with van der Waals surface area (Å²) in [5.41, 5.74) is 0.497. The lowest BCUT2D eigenvalue weighted by Gasteiger charge is -2.15. The number of aryl methyl sites for hydroxylation is 1. The monoisotopic (exact) mass is 338 g/mol. The van der Waals surface area contributed by atoms with Crippen molar-refractivity contribution in [2.45, 2.75) is 69.2 Å². The normalized spacial score (nSPS) is 18.1. The number of hydrogen-bond donors (Lipinski definition) is 0. The Labute approximate surface area is 129 Å². The van der Waals surface area contributed by atoms with Crippen LogP contribution in [0.5, 0.6) is 0 Å². The fourth-order valence-electron chi connectivity index (χ4n) is 2.83. The van der Waals surface area contributed by atoms with E-state index in [1.807, 2.05) is 6.92 Å². The topological polar surface area (TPSA) is 52.0 Å². The van der Waals surface area contributed by atoms with E-state index in [2.05, 4.69) is 5.10 Å². The zero-order valence-electron chi connectivity index (χ0n) is 11.6. The molecule has 0 unspecified atom stereocenters. The maximum absolute atomic E-state index is 11.7. The number of nitrogens with zero attached hydrogens (tertiary/aromatic N) is 2. The van der Waals surface area contributed by atoms with Gasteiger partial charge in [-0.05, 0) is 19.3 Å². The molecule has 0 aromatic carbocycles. The number of aromatic nitrogens is 2. The van der Waals surface area contributed by atoms with Gasteiger partial charge in [-0.25, -0.2) is 13.1 Å². The van der Waals surface area contributed by atoms with E-state index in [-0.39, 0.29) is 16.1 Å². The second-order valence-electron chi connectivity index (χ2n) is 5.34. The van der Waals surface area contributed by atoms with Crippen LogP contribution in [0.4, 0.5) is 0 Å². The highest BCUT2D eigenvalue weighted by molar-refractivity contribution is 8.13. The van der Waals surface area contributed by atoms with Gasteiger partial charge in [0, 0.05) is 10.7 Å². The Morgan fingerprint density at radius 2 is 1.85 bits per heavy atom. The van der Waals surface area contributed by atoms with Crippen molar-refractivity contribution >= 4 is 31.3 Å². The summed E-state index contributed by atoms with van der Waals surface area (Å²) < 4.78 is 25.2. The first-order valence-electron chi connectivity index (χ1n) is 7.16. The van der Waals surface area contributed by atoms with Gasteiger partial charge in [0.2, 0.25) is 0 Å². The van der Waals surface area contributed by atoms with E-state index in [1.165, 1.54) is 12.8 Å². The Morgan fingerprint density at radius 3 is 2.35 bits per heavy atom. The molecule has 1 heterocycles. The van der Waals surface area contributed by atoms with Crippen LogP contribution in [-0.2, 0) is 15.5 Å². The summed E-state index contributed by atoms with van der Waals surface area (Å²) in [7, 11) is 1.67. The third kappa shape index (κ3) is 3.49. The molecule has 4 nitrogen and oxygen atoms in total. The van der Waals surface area contributed by atoms with Crippen LogP contribution in [0, 0.1) is 0 Å². The lowest BCUT2D eigenvalue weighted by molar-refractivity contribution is 0.403. The first-order chi connectivity index (χ1) is 9.45. The summed E-state index contributed by atoms with van der Waals surface area (Å²) in [6.07, 6.45) is 8.07. The van der Waals surface area contributed by atoms with Crippen molar-refractivity contribution in [3.05, 3.63) is 10.8 Å². The Morgan fingerprint density at radius 1 is 1.25 bits per heavy atom. The quantitative estimate of drug-likeness (QED) is 0.607. The smallest absolute Gasteiger partial charge is 0.249 e. The van der Waals surface area contributed by atoms with E-state index in [0.29, 0.717) is 12.1 Å². The van der Waals surface area contributed by atoms with Crippen molar-refractivity contribution in [3.8, 4) is 0 Å². The molecule has 0 atom stereocenters. The van der Waals surface area contributed by atoms with Crippen molar-refractivity contribution in [2.24, 2.45) is 0 Å². The summed E-state index contributed by atoms with van der Waals surface area (Å²) in [5, 5.41) is 4.63. The molecule has 1 fully saturated rings. The van der Waals surface area contributed by atoms with Crippen molar-refractivity contribution in [2.75, 3.05) is 0 Å². The van der Waals surface area contributed by atoms with Gasteiger partial charge < -0.3 is 0 Å². The van der Waals surface area contributed by atoms with Crippen LogP contribution in [-0.4, -0.2) is 18.2 Å². The van der Waals surface area contributed by atoms with Crippen LogP contribution in [0.3, 0.4) is 0 Å². The van der Waals surface area contributed by atoms with Crippen LogP contribution < -0.4 is 0 Å². The predicted octanol–water partition coefficient (Wildman–Crippen LogP) is 4.31. The molecule has 114 valence electrons. The van der Waals surface area contributed by atoms with E-state index >= 15 is 0 Å². The Kier molecular flexibility index (Phi) is 5.37. The standard InChI is InChI=1S/C13H20Cl2N2O2S/c1-2-7-11-12(20(15,18)19)13(14)17(16-11)10-8-5-3-4-6-9-10/h10H,2-9H2,1H3. The highest BCUT2D eigenvalue weighted by Crippen LogP contribution is 2.35. The van der Waals surface area contributed by atoms with Gasteiger partial charge in [-0.2, -0.15) is 5.10 Å².